The van der Waals surface area contributed by atoms with Gasteiger partial charge < -0.3 is 0 Å². The molecule has 0 aliphatic rings. The van der Waals surface area contributed by atoms with Gasteiger partial charge in [0.2, 0.25) is 0 Å². The minimum atomic E-state index is 0.351. The van der Waals surface area contributed by atoms with Crippen LogP contribution >= 0.6 is 11.6 Å². The molecule has 1 unspecified atom stereocenters. The summed E-state index contributed by atoms with van der Waals surface area (Å²) in [5.41, 5.74) is 1.17. The van der Waals surface area contributed by atoms with Crippen molar-refractivity contribution in [3.8, 4) is 0 Å². The molecule has 2 heteroatoms. The van der Waals surface area contributed by atoms with Gasteiger partial charge in [-0.2, -0.15) is 0 Å². The molecule has 14 heavy (non-hydrogen) atoms. The molecule has 1 nitrogen and oxygen atoms in total. The third-order valence-corrected chi connectivity index (χ3v) is 2.71. The number of hydrogen-bond acceptors (Lipinski definition) is 1. The second-order valence-electron chi connectivity index (χ2n) is 3.60. The first-order valence-corrected chi connectivity index (χ1v) is 5.80. The number of halogens is 1. The Kier molecular flexibility index (Phi) is 5.62. The molecule has 0 amide bonds. The zero-order valence-corrected chi connectivity index (χ0v) is 9.50. The highest BCUT2D eigenvalue weighted by molar-refractivity contribution is 6.20. The fourth-order valence-electron chi connectivity index (χ4n) is 1.51. The molecule has 78 valence electrons. The van der Waals surface area contributed by atoms with Crippen molar-refractivity contribution < 1.29 is 0 Å². The molecule has 0 saturated heterocycles. The normalized spacial score (nSPS) is 12.7. The predicted molar refractivity (Wildman–Crippen MR) is 61.7 cm³/mol. The van der Waals surface area contributed by atoms with Gasteiger partial charge >= 0.3 is 0 Å². The van der Waals surface area contributed by atoms with E-state index >= 15 is 0 Å². The maximum atomic E-state index is 6.13. The SMILES string of the molecule is CCCC(Cl)CCCc1ccccn1. The Morgan fingerprint density at radius 3 is 2.86 bits per heavy atom. The van der Waals surface area contributed by atoms with Crippen molar-refractivity contribution in [2.75, 3.05) is 0 Å². The molecule has 1 rings (SSSR count). The highest BCUT2D eigenvalue weighted by Crippen LogP contribution is 2.13. The predicted octanol–water partition coefficient (Wildman–Crippen LogP) is 3.81. The van der Waals surface area contributed by atoms with Gasteiger partial charge in [0.1, 0.15) is 0 Å². The lowest BCUT2D eigenvalue weighted by molar-refractivity contribution is 0.636. The van der Waals surface area contributed by atoms with Gasteiger partial charge in [-0.1, -0.05) is 19.4 Å². The third kappa shape index (κ3) is 4.61. The lowest BCUT2D eigenvalue weighted by Gasteiger charge is -2.06. The Hall–Kier alpha value is -0.560. The number of pyridine rings is 1. The number of aromatic nitrogens is 1. The second-order valence-corrected chi connectivity index (χ2v) is 4.22. The molecule has 0 N–H and O–H groups in total. The van der Waals surface area contributed by atoms with Gasteiger partial charge in [0.05, 0.1) is 0 Å². The monoisotopic (exact) mass is 211 g/mol. The smallest absolute Gasteiger partial charge is 0.0403 e. The van der Waals surface area contributed by atoms with Crippen molar-refractivity contribution in [2.24, 2.45) is 0 Å². The van der Waals surface area contributed by atoms with E-state index in [9.17, 15) is 0 Å². The average molecular weight is 212 g/mol. The molecule has 0 aliphatic carbocycles. The third-order valence-electron chi connectivity index (χ3n) is 2.28. The Bertz CT molecular complexity index is 235. The van der Waals surface area contributed by atoms with E-state index in [1.54, 1.807) is 0 Å². The summed E-state index contributed by atoms with van der Waals surface area (Å²) in [5, 5.41) is 0.351. The second kappa shape index (κ2) is 6.83. The largest absolute Gasteiger partial charge is 0.261 e. The van der Waals surface area contributed by atoms with Crippen LogP contribution in [0.2, 0.25) is 0 Å². The van der Waals surface area contributed by atoms with Gasteiger partial charge in [0.25, 0.3) is 0 Å². The maximum Gasteiger partial charge on any atom is 0.0403 e. The molecule has 0 fully saturated rings. The summed E-state index contributed by atoms with van der Waals surface area (Å²) in [4.78, 5) is 4.28. The van der Waals surface area contributed by atoms with Gasteiger partial charge in [0.15, 0.2) is 0 Å². The lowest BCUT2D eigenvalue weighted by Crippen LogP contribution is -1.99. The van der Waals surface area contributed by atoms with Gasteiger partial charge in [-0.05, 0) is 37.8 Å². The van der Waals surface area contributed by atoms with E-state index in [4.69, 9.17) is 11.6 Å². The van der Waals surface area contributed by atoms with E-state index in [0.717, 1.165) is 25.7 Å². The van der Waals surface area contributed by atoms with E-state index < -0.39 is 0 Å². The van der Waals surface area contributed by atoms with Crippen molar-refractivity contribution in [3.05, 3.63) is 30.1 Å². The van der Waals surface area contributed by atoms with E-state index in [1.807, 2.05) is 18.3 Å². The molecule has 0 radical (unpaired) electrons. The molecule has 1 aromatic heterocycles. The summed E-state index contributed by atoms with van der Waals surface area (Å²) >= 11 is 6.13. The maximum absolute atomic E-state index is 6.13. The minimum Gasteiger partial charge on any atom is -0.261 e. The van der Waals surface area contributed by atoms with Gasteiger partial charge in [0, 0.05) is 17.3 Å². The van der Waals surface area contributed by atoms with Gasteiger partial charge in [-0.15, -0.1) is 11.6 Å². The van der Waals surface area contributed by atoms with E-state index in [0.29, 0.717) is 5.38 Å². The van der Waals surface area contributed by atoms with Gasteiger partial charge in [-0.25, -0.2) is 0 Å². The van der Waals surface area contributed by atoms with Crippen molar-refractivity contribution >= 4 is 11.6 Å². The number of aryl methyl sites for hydroxylation is 1. The van der Waals surface area contributed by atoms with Crippen LogP contribution in [0, 0.1) is 0 Å². The zero-order valence-electron chi connectivity index (χ0n) is 8.75. The van der Waals surface area contributed by atoms with Gasteiger partial charge in [-0.3, -0.25) is 4.98 Å². The average Bonchev–Trinajstić information content (AvgIpc) is 2.20. The van der Waals surface area contributed by atoms with Crippen LogP contribution in [0.3, 0.4) is 0 Å². The summed E-state index contributed by atoms with van der Waals surface area (Å²) in [6, 6.07) is 6.06. The van der Waals surface area contributed by atoms with E-state index in [1.165, 1.54) is 12.1 Å². The Morgan fingerprint density at radius 1 is 1.36 bits per heavy atom. The van der Waals surface area contributed by atoms with Crippen molar-refractivity contribution in [3.63, 3.8) is 0 Å². The molecule has 1 heterocycles. The first-order valence-electron chi connectivity index (χ1n) is 5.37. The molecule has 0 spiro atoms. The molecule has 1 aromatic rings. The highest BCUT2D eigenvalue weighted by atomic mass is 35.5. The molecule has 0 aromatic carbocycles. The molecule has 0 saturated carbocycles. The first kappa shape index (κ1) is 11.5. The summed E-state index contributed by atoms with van der Waals surface area (Å²) < 4.78 is 0. The van der Waals surface area contributed by atoms with Crippen LogP contribution in [-0.2, 0) is 6.42 Å². The first-order chi connectivity index (χ1) is 6.83. The minimum absolute atomic E-state index is 0.351. The number of hydrogen-bond donors (Lipinski definition) is 0. The standard InChI is InChI=1S/C12H18ClN/c1-2-6-11(13)7-5-9-12-8-3-4-10-14-12/h3-4,8,10-11H,2,5-7,9H2,1H3. The fraction of sp³-hybridized carbons (Fsp3) is 0.583. The summed E-state index contributed by atoms with van der Waals surface area (Å²) in [7, 11) is 0. The number of alkyl halides is 1. The Labute approximate surface area is 91.5 Å². The van der Waals surface area contributed by atoms with Crippen LogP contribution in [0.1, 0.15) is 38.3 Å². The number of nitrogens with zero attached hydrogens (tertiary/aromatic N) is 1. The summed E-state index contributed by atoms with van der Waals surface area (Å²) in [6.45, 7) is 2.17. The zero-order chi connectivity index (χ0) is 10.2. The van der Waals surface area contributed by atoms with E-state index in [-0.39, 0.29) is 0 Å². The number of rotatable bonds is 6. The molecular weight excluding hydrogens is 194 g/mol. The summed E-state index contributed by atoms with van der Waals surface area (Å²) in [5.74, 6) is 0. The molecule has 1 atom stereocenters. The van der Waals surface area contributed by atoms with Crippen molar-refractivity contribution in [2.45, 2.75) is 44.4 Å². The molecule has 0 aliphatic heterocycles. The highest BCUT2D eigenvalue weighted by Gasteiger charge is 2.02. The molecule has 0 bridgehead atoms. The van der Waals surface area contributed by atoms with Crippen LogP contribution in [0.5, 0.6) is 0 Å². The summed E-state index contributed by atoms with van der Waals surface area (Å²) in [6.07, 6.45) is 7.45. The Balaban J connectivity index is 2.16. The molecular formula is C12H18ClN. The van der Waals surface area contributed by atoms with Crippen LogP contribution in [0.15, 0.2) is 24.4 Å². The van der Waals surface area contributed by atoms with Crippen LogP contribution in [0.4, 0.5) is 0 Å². The van der Waals surface area contributed by atoms with Crippen LogP contribution in [-0.4, -0.2) is 10.4 Å². The lowest BCUT2D eigenvalue weighted by atomic mass is 10.1. The topological polar surface area (TPSA) is 12.9 Å². The van der Waals surface area contributed by atoms with Crippen molar-refractivity contribution in [1.29, 1.82) is 0 Å². The van der Waals surface area contributed by atoms with Crippen LogP contribution < -0.4 is 0 Å². The quantitative estimate of drug-likeness (QED) is 0.652. The Morgan fingerprint density at radius 2 is 2.21 bits per heavy atom. The van der Waals surface area contributed by atoms with Crippen LogP contribution in [0.25, 0.3) is 0 Å². The van der Waals surface area contributed by atoms with Crippen molar-refractivity contribution in [1.82, 2.24) is 4.98 Å². The van der Waals surface area contributed by atoms with E-state index in [2.05, 4.69) is 18.0 Å². The fourth-order valence-corrected chi connectivity index (χ4v) is 1.88.